The van der Waals surface area contributed by atoms with Gasteiger partial charge in [0.15, 0.2) is 0 Å². The van der Waals surface area contributed by atoms with Crippen molar-refractivity contribution in [1.82, 2.24) is 0 Å². The van der Waals surface area contributed by atoms with Gasteiger partial charge in [0.25, 0.3) is 0 Å². The molecule has 0 heterocycles. The monoisotopic (exact) mass is 108 g/mol. The molecule has 0 aromatic heterocycles. The van der Waals surface area contributed by atoms with E-state index >= 15 is 0 Å². The van der Waals surface area contributed by atoms with E-state index in [9.17, 15) is 0 Å². The number of allylic oxidation sites excluding steroid dienone is 2. The van der Waals surface area contributed by atoms with Crippen molar-refractivity contribution in [2.75, 3.05) is 0 Å². The van der Waals surface area contributed by atoms with Gasteiger partial charge in [0.05, 0.1) is 0 Å². The lowest BCUT2D eigenvalue weighted by atomic mass is 10.1. The van der Waals surface area contributed by atoms with E-state index in [0.29, 0.717) is 0 Å². The Morgan fingerprint density at radius 2 is 2.50 bits per heavy atom. The molecule has 1 rings (SSSR count). The van der Waals surface area contributed by atoms with Crippen LogP contribution in [-0.4, -0.2) is 0 Å². The zero-order valence-electron chi connectivity index (χ0n) is 5.19. The molecule has 0 N–H and O–H groups in total. The second-order valence-corrected chi connectivity index (χ2v) is 2.29. The molecule has 2 radical (unpaired) electrons. The molecule has 0 aromatic rings. The summed E-state index contributed by atoms with van der Waals surface area (Å²) in [7, 11) is 0. The van der Waals surface area contributed by atoms with Crippen molar-refractivity contribution in [3.8, 4) is 0 Å². The van der Waals surface area contributed by atoms with Gasteiger partial charge in [-0.15, -0.1) is 0 Å². The fourth-order valence-corrected chi connectivity index (χ4v) is 1.15. The molecule has 0 saturated carbocycles. The highest BCUT2D eigenvalue weighted by molar-refractivity contribution is 5.06. The minimum absolute atomic E-state index is 0.825. The zero-order chi connectivity index (χ0) is 5.82. The van der Waals surface area contributed by atoms with Crippen molar-refractivity contribution in [2.45, 2.75) is 32.1 Å². The molecule has 0 saturated heterocycles. The van der Waals surface area contributed by atoms with Crippen molar-refractivity contribution in [2.24, 2.45) is 0 Å². The third-order valence-corrected chi connectivity index (χ3v) is 1.60. The van der Waals surface area contributed by atoms with Crippen LogP contribution in [0.2, 0.25) is 0 Å². The van der Waals surface area contributed by atoms with Crippen LogP contribution < -0.4 is 0 Å². The molecule has 1 aliphatic carbocycles. The van der Waals surface area contributed by atoms with E-state index in [2.05, 4.69) is 6.08 Å². The first-order valence-electron chi connectivity index (χ1n) is 3.31. The molecule has 0 spiro atoms. The fraction of sp³-hybridized carbons (Fsp3) is 0.625. The van der Waals surface area contributed by atoms with Crippen LogP contribution >= 0.6 is 0 Å². The number of hydrogen-bond donors (Lipinski definition) is 0. The Morgan fingerprint density at radius 3 is 3.00 bits per heavy atom. The second kappa shape index (κ2) is 2.91. The molecular weight excluding hydrogens is 96.1 g/mol. The molecule has 0 nitrogen and oxygen atoms in total. The summed E-state index contributed by atoms with van der Waals surface area (Å²) in [5.41, 5.74) is 1.58. The average Bonchev–Trinajstić information content (AvgIpc) is 2.19. The van der Waals surface area contributed by atoms with E-state index in [1.165, 1.54) is 19.3 Å². The molecule has 0 bridgehead atoms. The van der Waals surface area contributed by atoms with E-state index in [1.54, 1.807) is 5.57 Å². The van der Waals surface area contributed by atoms with Crippen molar-refractivity contribution >= 4 is 0 Å². The third kappa shape index (κ3) is 1.36. The van der Waals surface area contributed by atoms with E-state index < -0.39 is 0 Å². The minimum Gasteiger partial charge on any atom is -0.0853 e. The number of hydrogen-bond acceptors (Lipinski definition) is 0. The predicted octanol–water partition coefficient (Wildman–Crippen LogP) is 2.59. The molecule has 1 aliphatic rings. The van der Waals surface area contributed by atoms with Gasteiger partial charge >= 0.3 is 0 Å². The van der Waals surface area contributed by atoms with Crippen molar-refractivity contribution in [3.63, 3.8) is 0 Å². The van der Waals surface area contributed by atoms with Gasteiger partial charge in [-0.25, -0.2) is 0 Å². The lowest BCUT2D eigenvalue weighted by Crippen LogP contribution is -1.74. The van der Waals surface area contributed by atoms with Crippen LogP contribution in [0.4, 0.5) is 0 Å². The zero-order valence-corrected chi connectivity index (χ0v) is 5.19. The highest BCUT2D eigenvalue weighted by Gasteiger charge is 2.01. The maximum Gasteiger partial charge on any atom is -0.0317 e. The van der Waals surface area contributed by atoms with E-state index in [4.69, 9.17) is 6.92 Å². The Bertz CT molecular complexity index is 90.2. The van der Waals surface area contributed by atoms with Crippen molar-refractivity contribution in [3.05, 3.63) is 18.6 Å². The smallest absolute Gasteiger partial charge is 0.0317 e. The Balaban J connectivity index is 2.23. The average molecular weight is 108 g/mol. The van der Waals surface area contributed by atoms with Crippen LogP contribution in [0.1, 0.15) is 32.1 Å². The Hall–Kier alpha value is -0.260. The Kier molecular flexibility index (Phi) is 2.13. The molecule has 0 amide bonds. The topological polar surface area (TPSA) is 0 Å². The summed E-state index contributed by atoms with van der Waals surface area (Å²) in [6, 6.07) is 0. The van der Waals surface area contributed by atoms with Gasteiger partial charge in [0.1, 0.15) is 0 Å². The Morgan fingerprint density at radius 1 is 1.62 bits per heavy atom. The van der Waals surface area contributed by atoms with Gasteiger partial charge in [0, 0.05) is 0 Å². The first-order valence-corrected chi connectivity index (χ1v) is 3.31. The molecule has 0 fully saturated rings. The number of rotatable bonds is 2. The largest absolute Gasteiger partial charge is 0.0853 e. The van der Waals surface area contributed by atoms with Crippen LogP contribution in [0, 0.1) is 6.92 Å². The SMILES string of the molecule is [CH]CCC1=CCCC1. The molecule has 0 atom stereocenters. The standard InChI is InChI=1S/C8H12/c1-2-5-8-6-3-4-7-8/h1,6H,2-5,7H2. The second-order valence-electron chi connectivity index (χ2n) is 2.29. The highest BCUT2D eigenvalue weighted by Crippen LogP contribution is 2.20. The molecule has 44 valence electrons. The summed E-state index contributed by atoms with van der Waals surface area (Å²) < 4.78 is 0. The maximum absolute atomic E-state index is 5.37. The maximum atomic E-state index is 5.37. The molecule has 0 heteroatoms. The van der Waals surface area contributed by atoms with Crippen LogP contribution in [0.5, 0.6) is 0 Å². The van der Waals surface area contributed by atoms with Gasteiger partial charge in [-0.2, -0.15) is 0 Å². The summed E-state index contributed by atoms with van der Waals surface area (Å²) in [5.74, 6) is 0. The molecule has 8 heavy (non-hydrogen) atoms. The summed E-state index contributed by atoms with van der Waals surface area (Å²) in [6.07, 6.45) is 8.22. The Labute approximate surface area is 51.6 Å². The van der Waals surface area contributed by atoms with Crippen LogP contribution in [0.15, 0.2) is 11.6 Å². The van der Waals surface area contributed by atoms with Crippen molar-refractivity contribution < 1.29 is 0 Å². The minimum atomic E-state index is 0.825. The summed E-state index contributed by atoms with van der Waals surface area (Å²) in [5, 5.41) is 0. The van der Waals surface area contributed by atoms with Gasteiger partial charge in [0.2, 0.25) is 0 Å². The first kappa shape index (κ1) is 5.87. The summed E-state index contributed by atoms with van der Waals surface area (Å²) >= 11 is 0. The van der Waals surface area contributed by atoms with Crippen molar-refractivity contribution in [1.29, 1.82) is 0 Å². The van der Waals surface area contributed by atoms with Gasteiger partial charge < -0.3 is 0 Å². The molecule has 0 aliphatic heterocycles. The van der Waals surface area contributed by atoms with Gasteiger partial charge in [-0.1, -0.05) is 11.6 Å². The predicted molar refractivity (Wildman–Crippen MR) is 35.5 cm³/mol. The van der Waals surface area contributed by atoms with E-state index in [0.717, 1.165) is 12.8 Å². The van der Waals surface area contributed by atoms with Crippen LogP contribution in [-0.2, 0) is 0 Å². The summed E-state index contributed by atoms with van der Waals surface area (Å²) in [6.45, 7) is 5.37. The molecule has 0 unspecified atom stereocenters. The van der Waals surface area contributed by atoms with Gasteiger partial charge in [-0.3, -0.25) is 0 Å². The normalized spacial score (nSPS) is 18.9. The van der Waals surface area contributed by atoms with Crippen LogP contribution in [0.25, 0.3) is 0 Å². The molecule has 0 aromatic carbocycles. The highest BCUT2D eigenvalue weighted by atomic mass is 14.1. The summed E-state index contributed by atoms with van der Waals surface area (Å²) in [4.78, 5) is 0. The van der Waals surface area contributed by atoms with E-state index in [1.807, 2.05) is 0 Å². The lowest BCUT2D eigenvalue weighted by molar-refractivity contribution is 0.855. The van der Waals surface area contributed by atoms with E-state index in [-0.39, 0.29) is 0 Å². The van der Waals surface area contributed by atoms with Gasteiger partial charge in [-0.05, 0) is 39.0 Å². The molecular formula is C8H12. The van der Waals surface area contributed by atoms with Crippen LogP contribution in [0.3, 0.4) is 0 Å². The first-order chi connectivity index (χ1) is 3.93. The third-order valence-electron chi connectivity index (χ3n) is 1.60. The quantitative estimate of drug-likeness (QED) is 0.477. The lowest BCUT2D eigenvalue weighted by Gasteiger charge is -1.93. The fourth-order valence-electron chi connectivity index (χ4n) is 1.15.